The molecule has 6 nitrogen and oxygen atoms in total. The molecule has 0 bridgehead atoms. The third kappa shape index (κ3) is 3.10. The van der Waals surface area contributed by atoms with Crippen LogP contribution in [0.1, 0.15) is 30.8 Å². The summed E-state index contributed by atoms with van der Waals surface area (Å²) in [6.45, 7) is 3.61. The number of anilines is 1. The molecule has 24 heavy (non-hydrogen) atoms. The molecule has 0 saturated heterocycles. The largest absolute Gasteiger partial charge is 0.465 e. The number of ether oxygens (including phenoxy) is 1. The molecule has 0 saturated carbocycles. The number of aryl methyl sites for hydroxylation is 2. The zero-order chi connectivity index (χ0) is 17.3. The Kier molecular flexibility index (Phi) is 4.50. The molecule has 0 atom stereocenters. The fourth-order valence-electron chi connectivity index (χ4n) is 2.10. The second-order valence-electron chi connectivity index (χ2n) is 4.95. The number of thiazole rings is 1. The Labute approximate surface area is 146 Å². The lowest BCUT2D eigenvalue weighted by Crippen LogP contribution is -2.13. The highest BCUT2D eigenvalue weighted by Gasteiger charge is 2.21. The van der Waals surface area contributed by atoms with Crippen molar-refractivity contribution in [2.45, 2.75) is 13.8 Å². The van der Waals surface area contributed by atoms with E-state index in [0.717, 1.165) is 5.76 Å². The molecule has 0 unspecified atom stereocenters. The predicted octanol–water partition coefficient (Wildman–Crippen LogP) is 4.12. The van der Waals surface area contributed by atoms with Crippen molar-refractivity contribution in [3.8, 4) is 10.8 Å². The van der Waals surface area contributed by atoms with E-state index >= 15 is 0 Å². The van der Waals surface area contributed by atoms with E-state index in [1.165, 1.54) is 29.8 Å². The molecule has 0 aliphatic heterocycles. The first-order chi connectivity index (χ1) is 11.5. The number of hydrogen-bond acceptors (Lipinski definition) is 7. The van der Waals surface area contributed by atoms with E-state index in [4.69, 9.17) is 9.15 Å². The van der Waals surface area contributed by atoms with Crippen molar-refractivity contribution in [1.82, 2.24) is 4.98 Å². The number of nitrogens with zero attached hydrogens (tertiary/aromatic N) is 1. The summed E-state index contributed by atoms with van der Waals surface area (Å²) < 4.78 is 10.3. The fourth-order valence-corrected chi connectivity index (χ4v) is 3.79. The third-order valence-electron chi connectivity index (χ3n) is 3.24. The standard InChI is InChI=1S/C16H14N2O4S2/c1-8-4-5-11(22-8)15-17-9(2)12(24-15)14(19)18-10-6-7-23-13(10)16(20)21-3/h4-7H,1-3H3,(H,18,19). The van der Waals surface area contributed by atoms with Crippen molar-refractivity contribution in [1.29, 1.82) is 0 Å². The molecular formula is C16H14N2O4S2. The van der Waals surface area contributed by atoms with Crippen LogP contribution in [0.3, 0.4) is 0 Å². The Balaban J connectivity index is 1.85. The third-order valence-corrected chi connectivity index (χ3v) is 5.30. The minimum absolute atomic E-state index is 0.317. The van der Waals surface area contributed by atoms with Gasteiger partial charge in [0.25, 0.3) is 5.91 Å². The van der Waals surface area contributed by atoms with Gasteiger partial charge in [0.05, 0.1) is 18.5 Å². The lowest BCUT2D eigenvalue weighted by atomic mass is 10.3. The van der Waals surface area contributed by atoms with Crippen molar-refractivity contribution in [2.24, 2.45) is 0 Å². The van der Waals surface area contributed by atoms with Gasteiger partial charge < -0.3 is 14.5 Å². The number of furan rings is 1. The van der Waals surface area contributed by atoms with Crippen LogP contribution in [0.25, 0.3) is 10.8 Å². The normalized spacial score (nSPS) is 10.6. The molecule has 3 rings (SSSR count). The number of aromatic nitrogens is 1. The fraction of sp³-hybridized carbons (Fsp3) is 0.188. The van der Waals surface area contributed by atoms with Crippen molar-refractivity contribution < 1.29 is 18.7 Å². The minimum Gasteiger partial charge on any atom is -0.465 e. The number of amides is 1. The Morgan fingerprint density at radius 3 is 2.67 bits per heavy atom. The van der Waals surface area contributed by atoms with Crippen LogP contribution in [0.15, 0.2) is 28.0 Å². The van der Waals surface area contributed by atoms with Gasteiger partial charge in [-0.2, -0.15) is 0 Å². The molecule has 0 aromatic carbocycles. The van der Waals surface area contributed by atoms with E-state index in [2.05, 4.69) is 10.3 Å². The molecule has 0 spiro atoms. The van der Waals surface area contributed by atoms with Crippen LogP contribution in [0.5, 0.6) is 0 Å². The highest BCUT2D eigenvalue weighted by molar-refractivity contribution is 7.17. The molecule has 124 valence electrons. The molecule has 0 radical (unpaired) electrons. The summed E-state index contributed by atoms with van der Waals surface area (Å²) >= 11 is 2.46. The van der Waals surface area contributed by atoms with Crippen molar-refractivity contribution in [3.63, 3.8) is 0 Å². The van der Waals surface area contributed by atoms with Gasteiger partial charge in [-0.05, 0) is 37.4 Å². The quantitative estimate of drug-likeness (QED) is 0.706. The number of hydrogen-bond donors (Lipinski definition) is 1. The number of rotatable bonds is 4. The number of esters is 1. The number of carbonyl (C=O) groups excluding carboxylic acids is 2. The summed E-state index contributed by atoms with van der Waals surface area (Å²) in [6, 6.07) is 5.34. The first-order valence-electron chi connectivity index (χ1n) is 7.01. The number of nitrogens with one attached hydrogen (secondary N) is 1. The van der Waals surface area contributed by atoms with Crippen LogP contribution in [0.2, 0.25) is 0 Å². The zero-order valence-electron chi connectivity index (χ0n) is 13.2. The monoisotopic (exact) mass is 362 g/mol. The van der Waals surface area contributed by atoms with Gasteiger partial charge >= 0.3 is 5.97 Å². The smallest absolute Gasteiger partial charge is 0.350 e. The van der Waals surface area contributed by atoms with Crippen molar-refractivity contribution in [3.05, 3.63) is 44.8 Å². The van der Waals surface area contributed by atoms with Gasteiger partial charge in [0, 0.05) is 0 Å². The van der Waals surface area contributed by atoms with E-state index in [9.17, 15) is 9.59 Å². The van der Waals surface area contributed by atoms with Gasteiger partial charge in [-0.1, -0.05) is 0 Å². The molecular weight excluding hydrogens is 348 g/mol. The number of methoxy groups -OCH3 is 1. The van der Waals surface area contributed by atoms with Gasteiger partial charge in [-0.3, -0.25) is 4.79 Å². The number of thiophene rings is 1. The molecule has 0 fully saturated rings. The SMILES string of the molecule is COC(=O)c1sccc1NC(=O)c1sc(-c2ccc(C)o2)nc1C. The van der Waals surface area contributed by atoms with Crippen LogP contribution in [0.4, 0.5) is 5.69 Å². The summed E-state index contributed by atoms with van der Waals surface area (Å²) in [5.41, 5.74) is 1.04. The maximum absolute atomic E-state index is 12.5. The Morgan fingerprint density at radius 2 is 2.00 bits per heavy atom. The molecule has 3 aromatic rings. The van der Waals surface area contributed by atoms with Crippen LogP contribution in [-0.2, 0) is 4.74 Å². The van der Waals surface area contributed by atoms with Crippen molar-refractivity contribution in [2.75, 3.05) is 12.4 Å². The number of carbonyl (C=O) groups is 2. The summed E-state index contributed by atoms with van der Waals surface area (Å²) in [4.78, 5) is 29.4. The van der Waals surface area contributed by atoms with Crippen LogP contribution in [0, 0.1) is 13.8 Å². The van der Waals surface area contributed by atoms with Crippen LogP contribution < -0.4 is 5.32 Å². The maximum atomic E-state index is 12.5. The zero-order valence-corrected chi connectivity index (χ0v) is 14.8. The van der Waals surface area contributed by atoms with Gasteiger partial charge in [0.1, 0.15) is 15.5 Å². The molecule has 8 heteroatoms. The van der Waals surface area contributed by atoms with Gasteiger partial charge in [-0.15, -0.1) is 22.7 Å². The highest BCUT2D eigenvalue weighted by atomic mass is 32.1. The topological polar surface area (TPSA) is 81.4 Å². The summed E-state index contributed by atoms with van der Waals surface area (Å²) in [5, 5.41) is 5.11. The molecule has 0 aliphatic rings. The van der Waals surface area contributed by atoms with E-state index in [1.807, 2.05) is 19.1 Å². The lowest BCUT2D eigenvalue weighted by molar-refractivity contribution is 0.0607. The van der Waals surface area contributed by atoms with Gasteiger partial charge in [0.15, 0.2) is 10.8 Å². The van der Waals surface area contributed by atoms with Crippen LogP contribution in [-0.4, -0.2) is 24.0 Å². The maximum Gasteiger partial charge on any atom is 0.350 e. The first kappa shape index (κ1) is 16.4. The Hall–Kier alpha value is -2.45. The molecule has 0 aliphatic carbocycles. The summed E-state index contributed by atoms with van der Waals surface area (Å²) in [6.07, 6.45) is 0. The second-order valence-corrected chi connectivity index (χ2v) is 6.87. The molecule has 1 amide bonds. The minimum atomic E-state index is -0.479. The molecule has 1 N–H and O–H groups in total. The van der Waals surface area contributed by atoms with Gasteiger partial charge in [-0.25, -0.2) is 9.78 Å². The second kappa shape index (κ2) is 6.58. The van der Waals surface area contributed by atoms with E-state index < -0.39 is 5.97 Å². The molecule has 3 heterocycles. The Bertz CT molecular complexity index is 907. The Morgan fingerprint density at radius 1 is 1.21 bits per heavy atom. The molecule has 3 aromatic heterocycles. The van der Waals surface area contributed by atoms with Gasteiger partial charge in [0.2, 0.25) is 0 Å². The summed E-state index contributed by atoms with van der Waals surface area (Å²) in [7, 11) is 1.30. The van der Waals surface area contributed by atoms with E-state index in [0.29, 0.717) is 31.9 Å². The van der Waals surface area contributed by atoms with Crippen LogP contribution >= 0.6 is 22.7 Å². The van der Waals surface area contributed by atoms with E-state index in [-0.39, 0.29) is 5.91 Å². The summed E-state index contributed by atoms with van der Waals surface area (Å²) in [5.74, 6) is 0.617. The van der Waals surface area contributed by atoms with Crippen molar-refractivity contribution >= 4 is 40.2 Å². The van der Waals surface area contributed by atoms with E-state index in [1.54, 1.807) is 18.4 Å². The highest BCUT2D eigenvalue weighted by Crippen LogP contribution is 2.30. The predicted molar refractivity (Wildman–Crippen MR) is 92.9 cm³/mol. The average molecular weight is 362 g/mol. The average Bonchev–Trinajstić information content (AvgIpc) is 3.26. The first-order valence-corrected chi connectivity index (χ1v) is 8.70. The lowest BCUT2D eigenvalue weighted by Gasteiger charge is -2.04.